The van der Waals surface area contributed by atoms with E-state index in [1.807, 2.05) is 5.32 Å². The quantitative estimate of drug-likeness (QED) is 0.658. The van der Waals surface area contributed by atoms with Gasteiger partial charge in [-0.2, -0.15) is 10.5 Å². The van der Waals surface area contributed by atoms with Crippen LogP contribution in [0.15, 0.2) is 12.2 Å². The molecule has 0 fully saturated rings. The number of amides is 1. The molecule has 19 heavy (non-hydrogen) atoms. The Morgan fingerprint density at radius 2 is 1.58 bits per heavy atom. The standard InChI is InChI=1S/C12H6F3N3O/c1-5(2)12(19)18-11-7(4-17)9(14)8(13)6(3-16)10(11)15/h1H2,2H3,(H,18,19). The van der Waals surface area contributed by atoms with Gasteiger partial charge >= 0.3 is 0 Å². The van der Waals surface area contributed by atoms with Gasteiger partial charge in [0.05, 0.1) is 5.69 Å². The van der Waals surface area contributed by atoms with Crippen molar-refractivity contribution in [3.8, 4) is 12.1 Å². The third-order valence-corrected chi connectivity index (χ3v) is 2.17. The molecular formula is C12H6F3N3O. The van der Waals surface area contributed by atoms with Gasteiger partial charge < -0.3 is 5.32 Å². The molecule has 0 unspecified atom stereocenters. The van der Waals surface area contributed by atoms with E-state index in [0.29, 0.717) is 0 Å². The summed E-state index contributed by atoms with van der Waals surface area (Å²) in [6.07, 6.45) is 0. The van der Waals surface area contributed by atoms with Gasteiger partial charge in [0.2, 0.25) is 0 Å². The maximum Gasteiger partial charge on any atom is 0.250 e. The molecule has 0 heterocycles. The van der Waals surface area contributed by atoms with E-state index in [0.717, 1.165) is 6.07 Å². The molecule has 96 valence electrons. The van der Waals surface area contributed by atoms with E-state index in [9.17, 15) is 18.0 Å². The topological polar surface area (TPSA) is 76.7 Å². The average molecular weight is 265 g/mol. The Balaban J connectivity index is 3.60. The van der Waals surface area contributed by atoms with E-state index >= 15 is 0 Å². The van der Waals surface area contributed by atoms with Crippen LogP contribution in [-0.4, -0.2) is 5.91 Å². The fraction of sp³-hybridized carbons (Fsp3) is 0.0833. The molecule has 1 N–H and O–H groups in total. The first-order chi connectivity index (χ1) is 8.84. The molecule has 1 aromatic carbocycles. The lowest BCUT2D eigenvalue weighted by Gasteiger charge is -2.10. The molecule has 1 amide bonds. The minimum atomic E-state index is -1.77. The molecule has 0 spiro atoms. The molecule has 0 bridgehead atoms. The van der Waals surface area contributed by atoms with Gasteiger partial charge in [-0.05, 0) is 6.92 Å². The predicted molar refractivity (Wildman–Crippen MR) is 59.2 cm³/mol. The van der Waals surface area contributed by atoms with Crippen LogP contribution < -0.4 is 5.32 Å². The first-order valence-corrected chi connectivity index (χ1v) is 4.82. The van der Waals surface area contributed by atoms with Gasteiger partial charge in [0.15, 0.2) is 17.5 Å². The summed E-state index contributed by atoms with van der Waals surface area (Å²) < 4.78 is 40.5. The molecule has 1 aromatic rings. The van der Waals surface area contributed by atoms with Crippen LogP contribution in [0.5, 0.6) is 0 Å². The first kappa shape index (κ1) is 14.3. The van der Waals surface area contributed by atoms with Crippen LogP contribution >= 0.6 is 0 Å². The number of hydrogen-bond donors (Lipinski definition) is 1. The van der Waals surface area contributed by atoms with Crippen molar-refractivity contribution in [2.45, 2.75) is 6.92 Å². The first-order valence-electron chi connectivity index (χ1n) is 4.82. The van der Waals surface area contributed by atoms with Gasteiger partial charge in [0, 0.05) is 5.57 Å². The second-order valence-electron chi connectivity index (χ2n) is 3.53. The van der Waals surface area contributed by atoms with Crippen molar-refractivity contribution in [1.82, 2.24) is 0 Å². The van der Waals surface area contributed by atoms with Crippen molar-refractivity contribution in [2.24, 2.45) is 0 Å². The Labute approximate surface area is 106 Å². The van der Waals surface area contributed by atoms with Gasteiger partial charge in [-0.3, -0.25) is 4.79 Å². The Hall–Kier alpha value is -2.80. The summed E-state index contributed by atoms with van der Waals surface area (Å²) >= 11 is 0. The highest BCUT2D eigenvalue weighted by Crippen LogP contribution is 2.28. The minimum absolute atomic E-state index is 0.0356. The van der Waals surface area contributed by atoms with Gasteiger partial charge in [-0.15, -0.1) is 0 Å². The number of halogens is 3. The number of nitriles is 2. The summed E-state index contributed by atoms with van der Waals surface area (Å²) in [6, 6.07) is 2.36. The zero-order chi connectivity index (χ0) is 14.7. The van der Waals surface area contributed by atoms with Crippen LogP contribution in [0.2, 0.25) is 0 Å². The maximum absolute atomic E-state index is 13.8. The van der Waals surface area contributed by atoms with E-state index in [1.54, 1.807) is 0 Å². The summed E-state index contributed by atoms with van der Waals surface area (Å²) in [5.41, 5.74) is -3.16. The second kappa shape index (κ2) is 5.23. The minimum Gasteiger partial charge on any atom is -0.319 e. The number of anilines is 1. The summed E-state index contributed by atoms with van der Waals surface area (Å²) in [6.45, 7) is 4.56. The van der Waals surface area contributed by atoms with Gasteiger partial charge in [0.25, 0.3) is 5.91 Å². The Bertz CT molecular complexity index is 669. The lowest BCUT2D eigenvalue weighted by Crippen LogP contribution is -2.16. The van der Waals surface area contributed by atoms with Crippen molar-refractivity contribution in [1.29, 1.82) is 10.5 Å². The van der Waals surface area contributed by atoms with E-state index in [1.165, 1.54) is 13.0 Å². The van der Waals surface area contributed by atoms with Crippen LogP contribution in [0.3, 0.4) is 0 Å². The third-order valence-electron chi connectivity index (χ3n) is 2.17. The molecule has 0 aliphatic carbocycles. The van der Waals surface area contributed by atoms with Crippen LogP contribution in [0.25, 0.3) is 0 Å². The largest absolute Gasteiger partial charge is 0.319 e. The second-order valence-corrected chi connectivity index (χ2v) is 3.53. The van der Waals surface area contributed by atoms with Gasteiger partial charge in [-0.1, -0.05) is 6.58 Å². The third kappa shape index (κ3) is 2.40. The summed E-state index contributed by atoms with van der Waals surface area (Å²) in [4.78, 5) is 11.3. The van der Waals surface area contributed by atoms with E-state index in [4.69, 9.17) is 10.5 Å². The number of carbonyl (C=O) groups excluding carboxylic acids is 1. The summed E-state index contributed by atoms with van der Waals surface area (Å²) in [7, 11) is 0. The molecule has 0 aliphatic rings. The smallest absolute Gasteiger partial charge is 0.250 e. The number of carbonyl (C=O) groups is 1. The van der Waals surface area contributed by atoms with Crippen LogP contribution in [-0.2, 0) is 4.79 Å². The molecule has 0 saturated heterocycles. The van der Waals surface area contributed by atoms with E-state index in [-0.39, 0.29) is 5.57 Å². The zero-order valence-electron chi connectivity index (χ0n) is 9.64. The molecule has 0 saturated carbocycles. The van der Waals surface area contributed by atoms with Crippen molar-refractivity contribution >= 4 is 11.6 Å². The lowest BCUT2D eigenvalue weighted by molar-refractivity contribution is -0.112. The van der Waals surface area contributed by atoms with Crippen LogP contribution in [0, 0.1) is 40.1 Å². The molecule has 0 radical (unpaired) electrons. The highest BCUT2D eigenvalue weighted by Gasteiger charge is 2.26. The van der Waals surface area contributed by atoms with Crippen molar-refractivity contribution in [3.63, 3.8) is 0 Å². The molecular weight excluding hydrogens is 259 g/mol. The molecule has 0 aliphatic heterocycles. The van der Waals surface area contributed by atoms with Crippen molar-refractivity contribution in [2.75, 3.05) is 5.32 Å². The van der Waals surface area contributed by atoms with Crippen LogP contribution in [0.1, 0.15) is 18.1 Å². The number of nitrogens with zero attached hydrogens (tertiary/aromatic N) is 2. The fourth-order valence-corrected chi connectivity index (χ4v) is 1.20. The SMILES string of the molecule is C=C(C)C(=O)Nc1c(F)c(C#N)c(F)c(F)c1C#N. The van der Waals surface area contributed by atoms with Gasteiger partial charge in [-0.25, -0.2) is 13.2 Å². The molecule has 0 atom stereocenters. The monoisotopic (exact) mass is 265 g/mol. The Kier molecular flexibility index (Phi) is 3.93. The van der Waals surface area contributed by atoms with Crippen molar-refractivity contribution < 1.29 is 18.0 Å². The normalized spacial score (nSPS) is 9.37. The molecule has 7 heteroatoms. The van der Waals surface area contributed by atoms with E-state index in [2.05, 4.69) is 6.58 Å². The van der Waals surface area contributed by atoms with E-state index < -0.39 is 40.2 Å². The average Bonchev–Trinajstić information content (AvgIpc) is 2.36. The van der Waals surface area contributed by atoms with Crippen LogP contribution in [0.4, 0.5) is 18.9 Å². The number of benzene rings is 1. The zero-order valence-corrected chi connectivity index (χ0v) is 9.64. The molecule has 1 rings (SSSR count). The summed E-state index contributed by atoms with van der Waals surface area (Å²) in [5, 5.41) is 19.1. The fourth-order valence-electron chi connectivity index (χ4n) is 1.20. The number of hydrogen-bond acceptors (Lipinski definition) is 3. The predicted octanol–water partition coefficient (Wildman–Crippen LogP) is 2.36. The van der Waals surface area contributed by atoms with Crippen molar-refractivity contribution in [3.05, 3.63) is 40.7 Å². The highest BCUT2D eigenvalue weighted by molar-refractivity contribution is 6.03. The lowest BCUT2D eigenvalue weighted by atomic mass is 10.1. The Morgan fingerprint density at radius 3 is 2.00 bits per heavy atom. The maximum atomic E-state index is 13.8. The number of rotatable bonds is 2. The molecule has 4 nitrogen and oxygen atoms in total. The number of nitrogens with one attached hydrogen (secondary N) is 1. The summed E-state index contributed by atoms with van der Waals surface area (Å²) in [5.74, 6) is -5.86. The highest BCUT2D eigenvalue weighted by atomic mass is 19.2. The molecule has 0 aromatic heterocycles. The van der Waals surface area contributed by atoms with Gasteiger partial charge in [0.1, 0.15) is 23.3 Å². The Morgan fingerprint density at radius 1 is 1.11 bits per heavy atom.